The summed E-state index contributed by atoms with van der Waals surface area (Å²) in [5.74, 6) is 0.244. The van der Waals surface area contributed by atoms with Crippen molar-refractivity contribution in [1.29, 1.82) is 0 Å². The lowest BCUT2D eigenvalue weighted by Crippen LogP contribution is -2.52. The van der Waals surface area contributed by atoms with Crippen LogP contribution in [0.5, 0.6) is 0 Å². The molecule has 1 aliphatic carbocycles. The van der Waals surface area contributed by atoms with Gasteiger partial charge in [-0.05, 0) is 71.9 Å². The molecule has 1 unspecified atom stereocenters. The van der Waals surface area contributed by atoms with Crippen LogP contribution in [0.2, 0.25) is 0 Å². The zero-order valence-corrected chi connectivity index (χ0v) is 20.1. The van der Waals surface area contributed by atoms with Gasteiger partial charge in [-0.2, -0.15) is 0 Å². The van der Waals surface area contributed by atoms with Crippen LogP contribution < -0.4 is 4.90 Å². The number of anilines is 1. The van der Waals surface area contributed by atoms with Crippen molar-refractivity contribution in [1.82, 2.24) is 0 Å². The maximum atomic E-state index is 14.0. The van der Waals surface area contributed by atoms with Crippen molar-refractivity contribution >= 4 is 27.5 Å². The standard InChI is InChI=1S/C26H32BrNO2/c1-17(2)8-5-9-18(3)14-15-28-23-13-7-12-22(27)24(23)26(25(28)29)21-11-6-10-20(21)16-19(4)30-26/h7-8,10,12-14,19,21H,5-6,9,11,15-16H2,1-4H3/b18-14+/t19-,21?,26-/m1/s1. The molecule has 2 heterocycles. The van der Waals surface area contributed by atoms with Crippen molar-refractivity contribution in [3.8, 4) is 0 Å². The highest BCUT2D eigenvalue weighted by Gasteiger charge is 2.61. The summed E-state index contributed by atoms with van der Waals surface area (Å²) in [6.45, 7) is 9.11. The quantitative estimate of drug-likeness (QED) is 0.442. The Morgan fingerprint density at radius 1 is 1.30 bits per heavy atom. The maximum Gasteiger partial charge on any atom is 0.264 e. The number of carbonyl (C=O) groups excluding carboxylic acids is 1. The molecule has 1 fully saturated rings. The molecular formula is C26H32BrNO2. The van der Waals surface area contributed by atoms with E-state index in [-0.39, 0.29) is 17.9 Å². The number of nitrogens with zero attached hydrogens (tertiary/aromatic N) is 1. The van der Waals surface area contributed by atoms with Gasteiger partial charge in [0.05, 0.1) is 11.8 Å². The number of fused-ring (bicyclic) bond motifs is 4. The first-order valence-electron chi connectivity index (χ1n) is 11.1. The normalized spacial score (nSPS) is 27.9. The highest BCUT2D eigenvalue weighted by atomic mass is 79.9. The fraction of sp³-hybridized carbons (Fsp3) is 0.500. The Balaban J connectivity index is 1.68. The summed E-state index contributed by atoms with van der Waals surface area (Å²) >= 11 is 3.76. The molecule has 1 spiro atoms. The lowest BCUT2D eigenvalue weighted by Gasteiger charge is -2.43. The fourth-order valence-electron chi connectivity index (χ4n) is 5.30. The number of ether oxygens (including phenoxy) is 1. The van der Waals surface area contributed by atoms with E-state index in [2.05, 4.69) is 67.9 Å². The van der Waals surface area contributed by atoms with Crippen molar-refractivity contribution in [3.05, 3.63) is 63.2 Å². The molecule has 0 saturated carbocycles. The number of hydrogen-bond acceptors (Lipinski definition) is 2. The number of benzene rings is 1. The predicted molar refractivity (Wildman–Crippen MR) is 127 cm³/mol. The minimum Gasteiger partial charge on any atom is -0.356 e. The van der Waals surface area contributed by atoms with Crippen molar-refractivity contribution in [2.45, 2.75) is 71.5 Å². The summed E-state index contributed by atoms with van der Waals surface area (Å²) in [5.41, 5.74) is 5.19. The van der Waals surface area contributed by atoms with E-state index >= 15 is 0 Å². The molecule has 1 aromatic rings. The maximum absolute atomic E-state index is 14.0. The number of amides is 1. The summed E-state index contributed by atoms with van der Waals surface area (Å²) in [7, 11) is 0. The Bertz CT molecular complexity index is 940. The molecule has 160 valence electrons. The van der Waals surface area contributed by atoms with Crippen molar-refractivity contribution in [2.24, 2.45) is 5.92 Å². The van der Waals surface area contributed by atoms with Gasteiger partial charge in [-0.15, -0.1) is 0 Å². The molecule has 0 radical (unpaired) electrons. The first-order chi connectivity index (χ1) is 14.3. The molecule has 1 aromatic carbocycles. The highest BCUT2D eigenvalue weighted by Crippen LogP contribution is 2.58. The summed E-state index contributed by atoms with van der Waals surface area (Å²) in [4.78, 5) is 16.0. The van der Waals surface area contributed by atoms with Crippen molar-refractivity contribution in [2.75, 3.05) is 11.4 Å². The van der Waals surface area contributed by atoms with Crippen LogP contribution in [0.4, 0.5) is 5.69 Å². The third-order valence-corrected chi connectivity index (χ3v) is 7.30. The third kappa shape index (κ3) is 3.62. The smallest absolute Gasteiger partial charge is 0.264 e. The summed E-state index contributed by atoms with van der Waals surface area (Å²) in [6, 6.07) is 6.13. The van der Waals surface area contributed by atoms with Gasteiger partial charge in [0.1, 0.15) is 0 Å². The largest absolute Gasteiger partial charge is 0.356 e. The summed E-state index contributed by atoms with van der Waals surface area (Å²) in [6.07, 6.45) is 11.9. The molecule has 4 rings (SSSR count). The van der Waals surface area contributed by atoms with E-state index in [9.17, 15) is 4.79 Å². The van der Waals surface area contributed by atoms with Gasteiger partial charge in [-0.3, -0.25) is 4.79 Å². The first kappa shape index (κ1) is 21.6. The lowest BCUT2D eigenvalue weighted by molar-refractivity contribution is -0.168. The SMILES string of the molecule is CC(C)=CCC/C(C)=C/CN1C(=O)[C@]2(O[C@H](C)CC3=CCCC32)c2c(Br)cccc21. The fourth-order valence-corrected chi connectivity index (χ4v) is 5.95. The summed E-state index contributed by atoms with van der Waals surface area (Å²) in [5, 5.41) is 0. The van der Waals surface area contributed by atoms with E-state index in [1.54, 1.807) is 0 Å². The number of rotatable bonds is 5. The molecule has 0 bridgehead atoms. The van der Waals surface area contributed by atoms with E-state index in [1.807, 2.05) is 17.0 Å². The molecule has 2 aliphatic heterocycles. The van der Waals surface area contributed by atoms with E-state index < -0.39 is 5.60 Å². The molecular weight excluding hydrogens is 438 g/mol. The van der Waals surface area contributed by atoms with Gasteiger partial charge in [-0.25, -0.2) is 0 Å². The minimum absolute atomic E-state index is 0.0378. The van der Waals surface area contributed by atoms with E-state index in [4.69, 9.17) is 4.74 Å². The Morgan fingerprint density at radius 2 is 2.10 bits per heavy atom. The number of halogens is 1. The second-order valence-corrected chi connectivity index (χ2v) is 10.1. The first-order valence-corrected chi connectivity index (χ1v) is 11.9. The van der Waals surface area contributed by atoms with Crippen LogP contribution in [0.25, 0.3) is 0 Å². The van der Waals surface area contributed by atoms with Gasteiger partial charge in [-0.1, -0.05) is 56.9 Å². The Morgan fingerprint density at radius 3 is 2.87 bits per heavy atom. The van der Waals surface area contributed by atoms with Crippen molar-refractivity contribution < 1.29 is 9.53 Å². The highest BCUT2D eigenvalue weighted by molar-refractivity contribution is 9.10. The van der Waals surface area contributed by atoms with E-state index in [0.29, 0.717) is 6.54 Å². The molecule has 3 atom stereocenters. The predicted octanol–water partition coefficient (Wildman–Crippen LogP) is 6.83. The average molecular weight is 470 g/mol. The molecule has 3 nitrogen and oxygen atoms in total. The second-order valence-electron chi connectivity index (χ2n) is 9.20. The van der Waals surface area contributed by atoms with Crippen LogP contribution in [0.1, 0.15) is 65.4 Å². The minimum atomic E-state index is -0.890. The molecule has 0 aromatic heterocycles. The Labute approximate surface area is 189 Å². The topological polar surface area (TPSA) is 29.5 Å². The average Bonchev–Trinajstić information content (AvgIpc) is 3.23. The number of hydrogen-bond donors (Lipinski definition) is 0. The lowest BCUT2D eigenvalue weighted by atomic mass is 9.74. The van der Waals surface area contributed by atoms with E-state index in [0.717, 1.165) is 47.8 Å². The van der Waals surface area contributed by atoms with E-state index in [1.165, 1.54) is 16.7 Å². The zero-order chi connectivity index (χ0) is 21.5. The summed E-state index contributed by atoms with van der Waals surface area (Å²) < 4.78 is 7.58. The third-order valence-electron chi connectivity index (χ3n) is 6.64. The van der Waals surface area contributed by atoms with Crippen LogP contribution in [-0.4, -0.2) is 18.6 Å². The number of carbonyl (C=O) groups is 1. The monoisotopic (exact) mass is 469 g/mol. The molecule has 3 aliphatic rings. The van der Waals surface area contributed by atoms with Crippen LogP contribution in [0.3, 0.4) is 0 Å². The van der Waals surface area contributed by atoms with Crippen molar-refractivity contribution in [3.63, 3.8) is 0 Å². The van der Waals surface area contributed by atoms with Gasteiger partial charge in [0.25, 0.3) is 5.91 Å². The Kier molecular flexibility index (Phi) is 6.09. The van der Waals surface area contributed by atoms with Gasteiger partial charge in [0, 0.05) is 22.5 Å². The van der Waals surface area contributed by atoms with Gasteiger partial charge < -0.3 is 9.64 Å². The Hall–Kier alpha value is -1.65. The molecule has 0 N–H and O–H groups in total. The van der Waals surface area contributed by atoms with Crippen LogP contribution in [0, 0.1) is 5.92 Å². The van der Waals surface area contributed by atoms with Crippen LogP contribution in [0.15, 0.2) is 57.6 Å². The second kappa shape index (κ2) is 8.47. The van der Waals surface area contributed by atoms with Gasteiger partial charge >= 0.3 is 0 Å². The number of allylic oxidation sites excluding steroid dienone is 4. The van der Waals surface area contributed by atoms with Gasteiger partial charge in [0.15, 0.2) is 5.60 Å². The van der Waals surface area contributed by atoms with Crippen LogP contribution in [-0.2, 0) is 15.1 Å². The van der Waals surface area contributed by atoms with Gasteiger partial charge in [0.2, 0.25) is 0 Å². The zero-order valence-electron chi connectivity index (χ0n) is 18.5. The molecule has 30 heavy (non-hydrogen) atoms. The van der Waals surface area contributed by atoms with Crippen LogP contribution >= 0.6 is 15.9 Å². The molecule has 4 heteroatoms. The molecule has 1 amide bonds. The molecule has 1 saturated heterocycles.